The SMILES string of the molecule is CCOCCOC(=O)c1ccc(OC(C)C)c(OC)c1. The maximum absolute atomic E-state index is 11.8. The maximum atomic E-state index is 11.8. The fraction of sp³-hybridized carbons (Fsp3) is 0.533. The highest BCUT2D eigenvalue weighted by Gasteiger charge is 2.13. The predicted molar refractivity (Wildman–Crippen MR) is 75.5 cm³/mol. The van der Waals surface area contributed by atoms with Crippen LogP contribution in [0, 0.1) is 0 Å². The third-order valence-electron chi connectivity index (χ3n) is 2.43. The van der Waals surface area contributed by atoms with Gasteiger partial charge in [0, 0.05) is 6.61 Å². The highest BCUT2D eigenvalue weighted by Crippen LogP contribution is 2.29. The van der Waals surface area contributed by atoms with Gasteiger partial charge < -0.3 is 18.9 Å². The lowest BCUT2D eigenvalue weighted by molar-refractivity contribution is 0.0335. The minimum Gasteiger partial charge on any atom is -0.493 e. The Morgan fingerprint density at radius 1 is 1.20 bits per heavy atom. The molecule has 5 heteroatoms. The lowest BCUT2D eigenvalue weighted by Crippen LogP contribution is -2.11. The number of hydrogen-bond donors (Lipinski definition) is 0. The van der Waals surface area contributed by atoms with Crippen LogP contribution in [0.4, 0.5) is 0 Å². The van der Waals surface area contributed by atoms with Crippen LogP contribution in [-0.4, -0.2) is 39.0 Å². The average Bonchev–Trinajstić information content (AvgIpc) is 2.43. The highest BCUT2D eigenvalue weighted by molar-refractivity contribution is 5.90. The summed E-state index contributed by atoms with van der Waals surface area (Å²) >= 11 is 0. The topological polar surface area (TPSA) is 54.0 Å². The second-order valence-electron chi connectivity index (χ2n) is 4.37. The number of esters is 1. The van der Waals surface area contributed by atoms with E-state index in [0.717, 1.165) is 0 Å². The van der Waals surface area contributed by atoms with Crippen LogP contribution < -0.4 is 9.47 Å². The van der Waals surface area contributed by atoms with Gasteiger partial charge in [0.2, 0.25) is 0 Å². The van der Waals surface area contributed by atoms with E-state index in [-0.39, 0.29) is 12.7 Å². The average molecular weight is 282 g/mol. The van der Waals surface area contributed by atoms with E-state index in [1.165, 1.54) is 7.11 Å². The van der Waals surface area contributed by atoms with Crippen molar-refractivity contribution in [2.75, 3.05) is 26.9 Å². The van der Waals surface area contributed by atoms with Crippen LogP contribution in [0.2, 0.25) is 0 Å². The summed E-state index contributed by atoms with van der Waals surface area (Å²) in [4.78, 5) is 11.8. The molecule has 20 heavy (non-hydrogen) atoms. The van der Waals surface area contributed by atoms with Gasteiger partial charge in [-0.15, -0.1) is 0 Å². The quantitative estimate of drug-likeness (QED) is 0.542. The van der Waals surface area contributed by atoms with E-state index in [1.54, 1.807) is 18.2 Å². The minimum atomic E-state index is -0.404. The van der Waals surface area contributed by atoms with Crippen LogP contribution in [0.15, 0.2) is 18.2 Å². The van der Waals surface area contributed by atoms with Crippen LogP contribution in [-0.2, 0) is 9.47 Å². The Labute approximate surface area is 119 Å². The minimum absolute atomic E-state index is 0.0351. The van der Waals surface area contributed by atoms with E-state index < -0.39 is 5.97 Å². The monoisotopic (exact) mass is 282 g/mol. The molecular formula is C15H22O5. The first-order chi connectivity index (χ1) is 9.58. The fourth-order valence-electron chi connectivity index (χ4n) is 1.57. The molecule has 0 N–H and O–H groups in total. The summed E-state index contributed by atoms with van der Waals surface area (Å²) < 4.78 is 21.0. The van der Waals surface area contributed by atoms with E-state index >= 15 is 0 Å². The molecule has 0 aliphatic heterocycles. The van der Waals surface area contributed by atoms with Crippen molar-refractivity contribution in [3.63, 3.8) is 0 Å². The van der Waals surface area contributed by atoms with Gasteiger partial charge in [-0.05, 0) is 39.0 Å². The number of carbonyl (C=O) groups excluding carboxylic acids is 1. The molecule has 0 bridgehead atoms. The van der Waals surface area contributed by atoms with Crippen molar-refractivity contribution >= 4 is 5.97 Å². The smallest absolute Gasteiger partial charge is 0.338 e. The van der Waals surface area contributed by atoms with E-state index in [1.807, 2.05) is 20.8 Å². The molecular weight excluding hydrogens is 260 g/mol. The Kier molecular flexibility index (Phi) is 6.87. The summed E-state index contributed by atoms with van der Waals surface area (Å²) in [5.74, 6) is 0.713. The van der Waals surface area contributed by atoms with Crippen molar-refractivity contribution in [3.8, 4) is 11.5 Å². The van der Waals surface area contributed by atoms with Crippen LogP contribution in [0.3, 0.4) is 0 Å². The first-order valence-electron chi connectivity index (χ1n) is 6.68. The summed E-state index contributed by atoms with van der Waals surface area (Å²) in [6.45, 7) is 6.98. The van der Waals surface area contributed by atoms with Crippen molar-refractivity contribution in [1.29, 1.82) is 0 Å². The number of ether oxygens (including phenoxy) is 4. The zero-order chi connectivity index (χ0) is 15.0. The number of hydrogen-bond acceptors (Lipinski definition) is 5. The zero-order valence-electron chi connectivity index (χ0n) is 12.5. The van der Waals surface area contributed by atoms with Crippen LogP contribution in [0.25, 0.3) is 0 Å². The van der Waals surface area contributed by atoms with Gasteiger partial charge >= 0.3 is 5.97 Å². The van der Waals surface area contributed by atoms with Gasteiger partial charge in [0.25, 0.3) is 0 Å². The maximum Gasteiger partial charge on any atom is 0.338 e. The van der Waals surface area contributed by atoms with Gasteiger partial charge in [0.05, 0.1) is 25.4 Å². The van der Waals surface area contributed by atoms with Crippen molar-refractivity contribution in [2.24, 2.45) is 0 Å². The van der Waals surface area contributed by atoms with Gasteiger partial charge in [-0.1, -0.05) is 0 Å². The molecule has 0 heterocycles. The predicted octanol–water partition coefficient (Wildman–Crippen LogP) is 2.68. The van der Waals surface area contributed by atoms with Crippen molar-refractivity contribution in [2.45, 2.75) is 26.9 Å². The molecule has 5 nitrogen and oxygen atoms in total. The molecule has 1 aromatic rings. The van der Waals surface area contributed by atoms with Gasteiger partial charge in [-0.25, -0.2) is 4.79 Å². The molecule has 0 aliphatic rings. The van der Waals surface area contributed by atoms with Crippen LogP contribution in [0.5, 0.6) is 11.5 Å². The summed E-state index contributed by atoms with van der Waals surface area (Å²) in [6.07, 6.45) is 0.0351. The summed E-state index contributed by atoms with van der Waals surface area (Å²) in [5.41, 5.74) is 0.425. The normalized spacial score (nSPS) is 10.4. The third kappa shape index (κ3) is 5.09. The van der Waals surface area contributed by atoms with Gasteiger partial charge in [-0.2, -0.15) is 0 Å². The molecule has 0 unspecified atom stereocenters. The molecule has 0 aromatic heterocycles. The Morgan fingerprint density at radius 2 is 1.95 bits per heavy atom. The van der Waals surface area contributed by atoms with E-state index in [4.69, 9.17) is 18.9 Å². The Bertz CT molecular complexity index is 428. The molecule has 0 spiro atoms. The largest absolute Gasteiger partial charge is 0.493 e. The Balaban J connectivity index is 2.69. The number of carbonyl (C=O) groups is 1. The van der Waals surface area contributed by atoms with E-state index in [0.29, 0.717) is 30.3 Å². The number of rotatable bonds is 8. The molecule has 1 rings (SSSR count). The summed E-state index contributed by atoms with van der Waals surface area (Å²) in [6, 6.07) is 4.97. The zero-order valence-corrected chi connectivity index (χ0v) is 12.5. The third-order valence-corrected chi connectivity index (χ3v) is 2.43. The van der Waals surface area contributed by atoms with Crippen LogP contribution >= 0.6 is 0 Å². The first kappa shape index (κ1) is 16.3. The second kappa shape index (κ2) is 8.43. The fourth-order valence-corrected chi connectivity index (χ4v) is 1.57. The van der Waals surface area contributed by atoms with E-state index in [9.17, 15) is 4.79 Å². The highest BCUT2D eigenvalue weighted by atomic mass is 16.6. The first-order valence-corrected chi connectivity index (χ1v) is 6.68. The van der Waals surface area contributed by atoms with Gasteiger partial charge in [-0.3, -0.25) is 0 Å². The Morgan fingerprint density at radius 3 is 2.55 bits per heavy atom. The molecule has 1 aromatic carbocycles. The van der Waals surface area contributed by atoms with E-state index in [2.05, 4.69) is 0 Å². The molecule has 0 saturated carbocycles. The molecule has 0 radical (unpaired) electrons. The lowest BCUT2D eigenvalue weighted by Gasteiger charge is -2.14. The molecule has 0 atom stereocenters. The van der Waals surface area contributed by atoms with Gasteiger partial charge in [0.1, 0.15) is 6.61 Å². The van der Waals surface area contributed by atoms with Gasteiger partial charge in [0.15, 0.2) is 11.5 Å². The molecule has 0 fully saturated rings. The van der Waals surface area contributed by atoms with Crippen molar-refractivity contribution < 1.29 is 23.7 Å². The van der Waals surface area contributed by atoms with Crippen molar-refractivity contribution in [1.82, 2.24) is 0 Å². The lowest BCUT2D eigenvalue weighted by atomic mass is 10.2. The number of benzene rings is 1. The second-order valence-corrected chi connectivity index (χ2v) is 4.37. The molecule has 0 saturated heterocycles. The standard InChI is InChI=1S/C15H22O5/c1-5-18-8-9-19-15(16)12-6-7-13(20-11(2)3)14(10-12)17-4/h6-7,10-11H,5,8-9H2,1-4H3. The molecule has 0 amide bonds. The summed E-state index contributed by atoms with van der Waals surface area (Å²) in [7, 11) is 1.53. The summed E-state index contributed by atoms with van der Waals surface area (Å²) in [5, 5.41) is 0. The van der Waals surface area contributed by atoms with Crippen LogP contribution in [0.1, 0.15) is 31.1 Å². The van der Waals surface area contributed by atoms with Crippen molar-refractivity contribution in [3.05, 3.63) is 23.8 Å². The Hall–Kier alpha value is -1.75. The number of methoxy groups -OCH3 is 1. The molecule has 112 valence electrons. The molecule has 0 aliphatic carbocycles.